The van der Waals surface area contributed by atoms with Crippen molar-refractivity contribution in [2.24, 2.45) is 0 Å². The fraction of sp³-hybridized carbons (Fsp3) is 0. The molecule has 0 saturated heterocycles. The zero-order valence-electron chi connectivity index (χ0n) is 10.1. The lowest BCUT2D eigenvalue weighted by atomic mass is 10.2. The SMILES string of the molecule is N#Cc1ccccc1Oc1ccc([N+](=O)[O-])cc1C=O. The van der Waals surface area contributed by atoms with Crippen LogP contribution in [0.3, 0.4) is 0 Å². The van der Waals surface area contributed by atoms with E-state index >= 15 is 0 Å². The average molecular weight is 268 g/mol. The van der Waals surface area contributed by atoms with Crippen molar-refractivity contribution in [2.75, 3.05) is 0 Å². The zero-order chi connectivity index (χ0) is 14.5. The first kappa shape index (κ1) is 13.2. The van der Waals surface area contributed by atoms with Crippen LogP contribution in [0.25, 0.3) is 0 Å². The first-order valence-corrected chi connectivity index (χ1v) is 5.56. The predicted octanol–water partition coefficient (Wildman–Crippen LogP) is 3.07. The highest BCUT2D eigenvalue weighted by atomic mass is 16.6. The number of benzene rings is 2. The minimum absolute atomic E-state index is 0.0481. The molecule has 0 bridgehead atoms. The molecule has 0 aliphatic rings. The zero-order valence-corrected chi connectivity index (χ0v) is 10.1. The van der Waals surface area contributed by atoms with Crippen molar-refractivity contribution in [3.8, 4) is 17.6 Å². The molecule has 20 heavy (non-hydrogen) atoms. The second kappa shape index (κ2) is 5.63. The predicted molar refractivity (Wildman–Crippen MR) is 69.7 cm³/mol. The Morgan fingerprint density at radius 3 is 2.60 bits per heavy atom. The fourth-order valence-corrected chi connectivity index (χ4v) is 1.60. The van der Waals surface area contributed by atoms with Crippen LogP contribution in [0.15, 0.2) is 42.5 Å². The Labute approximate surface area is 114 Å². The van der Waals surface area contributed by atoms with Gasteiger partial charge in [-0.15, -0.1) is 0 Å². The number of para-hydroxylation sites is 1. The van der Waals surface area contributed by atoms with Gasteiger partial charge in [0.05, 0.1) is 16.1 Å². The van der Waals surface area contributed by atoms with Crippen LogP contribution in [-0.4, -0.2) is 11.2 Å². The number of nitriles is 1. The number of carbonyl (C=O) groups excluding carboxylic acids is 1. The summed E-state index contributed by atoms with van der Waals surface area (Å²) in [7, 11) is 0. The molecule has 0 saturated carbocycles. The van der Waals surface area contributed by atoms with Crippen molar-refractivity contribution in [3.63, 3.8) is 0 Å². The highest BCUT2D eigenvalue weighted by molar-refractivity contribution is 5.81. The summed E-state index contributed by atoms with van der Waals surface area (Å²) in [6, 6.07) is 12.2. The van der Waals surface area contributed by atoms with Crippen molar-refractivity contribution in [1.29, 1.82) is 5.26 Å². The normalized spacial score (nSPS) is 9.55. The molecule has 0 unspecified atom stereocenters. The van der Waals surface area contributed by atoms with E-state index in [0.717, 1.165) is 6.07 Å². The standard InChI is InChI=1S/C14H8N2O4/c15-8-10-3-1-2-4-13(10)20-14-6-5-12(16(18)19)7-11(14)9-17/h1-7,9H. The molecular formula is C14H8N2O4. The summed E-state index contributed by atoms with van der Waals surface area (Å²) in [4.78, 5) is 21.0. The minimum atomic E-state index is -0.597. The van der Waals surface area contributed by atoms with Crippen LogP contribution < -0.4 is 4.74 Å². The molecule has 0 aliphatic heterocycles. The van der Waals surface area contributed by atoms with Gasteiger partial charge in [0.2, 0.25) is 0 Å². The van der Waals surface area contributed by atoms with E-state index < -0.39 is 4.92 Å². The first-order valence-electron chi connectivity index (χ1n) is 5.56. The summed E-state index contributed by atoms with van der Waals surface area (Å²) in [5, 5.41) is 19.6. The molecule has 6 heteroatoms. The van der Waals surface area contributed by atoms with Crippen molar-refractivity contribution in [1.82, 2.24) is 0 Å². The third kappa shape index (κ3) is 2.62. The Hall–Kier alpha value is -3.20. The first-order chi connectivity index (χ1) is 9.65. The van der Waals surface area contributed by atoms with Gasteiger partial charge in [-0.3, -0.25) is 14.9 Å². The highest BCUT2D eigenvalue weighted by Crippen LogP contribution is 2.29. The largest absolute Gasteiger partial charge is 0.455 e. The summed E-state index contributed by atoms with van der Waals surface area (Å²) < 4.78 is 5.48. The smallest absolute Gasteiger partial charge is 0.270 e. The number of nitro benzene ring substituents is 1. The number of rotatable bonds is 4. The molecule has 0 spiro atoms. The van der Waals surface area contributed by atoms with E-state index in [0.29, 0.717) is 11.8 Å². The van der Waals surface area contributed by atoms with Crippen LogP contribution in [0.5, 0.6) is 11.5 Å². The van der Waals surface area contributed by atoms with Crippen LogP contribution in [0.4, 0.5) is 5.69 Å². The van der Waals surface area contributed by atoms with Gasteiger partial charge in [0.1, 0.15) is 17.6 Å². The number of nitrogens with zero attached hydrogens (tertiary/aromatic N) is 2. The Balaban J connectivity index is 2.41. The Kier molecular flexibility index (Phi) is 3.72. The molecule has 2 aromatic rings. The quantitative estimate of drug-likeness (QED) is 0.482. The molecule has 6 nitrogen and oxygen atoms in total. The van der Waals surface area contributed by atoms with Crippen LogP contribution in [0, 0.1) is 21.4 Å². The Bertz CT molecular complexity index is 719. The van der Waals surface area contributed by atoms with Gasteiger partial charge >= 0.3 is 0 Å². The van der Waals surface area contributed by atoms with Crippen molar-refractivity contribution < 1.29 is 14.5 Å². The van der Waals surface area contributed by atoms with Crippen LogP contribution in [0.2, 0.25) is 0 Å². The van der Waals surface area contributed by atoms with E-state index in [1.165, 1.54) is 12.1 Å². The van der Waals surface area contributed by atoms with Gasteiger partial charge in [-0.1, -0.05) is 12.1 Å². The maximum absolute atomic E-state index is 11.0. The third-order valence-corrected chi connectivity index (χ3v) is 2.56. The Morgan fingerprint density at radius 1 is 1.20 bits per heavy atom. The summed E-state index contributed by atoms with van der Waals surface area (Å²) in [5.74, 6) is 0.445. The molecular weight excluding hydrogens is 260 g/mol. The summed E-state index contributed by atoms with van der Waals surface area (Å²) in [6.07, 6.45) is 0.470. The van der Waals surface area contributed by atoms with E-state index in [4.69, 9.17) is 10.00 Å². The molecule has 0 atom stereocenters. The van der Waals surface area contributed by atoms with Gasteiger partial charge in [-0.05, 0) is 18.2 Å². The lowest BCUT2D eigenvalue weighted by molar-refractivity contribution is -0.384. The molecule has 0 N–H and O–H groups in total. The molecule has 0 aliphatic carbocycles. The number of hydrogen-bond donors (Lipinski definition) is 0. The second-order valence-corrected chi connectivity index (χ2v) is 3.81. The summed E-state index contributed by atoms with van der Waals surface area (Å²) in [5.41, 5.74) is 0.155. The van der Waals surface area contributed by atoms with Gasteiger partial charge in [0, 0.05) is 12.1 Å². The van der Waals surface area contributed by atoms with Gasteiger partial charge in [-0.2, -0.15) is 5.26 Å². The van der Waals surface area contributed by atoms with Gasteiger partial charge in [-0.25, -0.2) is 0 Å². The van der Waals surface area contributed by atoms with Crippen molar-refractivity contribution >= 4 is 12.0 Å². The van der Waals surface area contributed by atoms with Crippen LogP contribution in [-0.2, 0) is 0 Å². The minimum Gasteiger partial charge on any atom is -0.455 e. The molecule has 0 heterocycles. The molecule has 0 radical (unpaired) electrons. The second-order valence-electron chi connectivity index (χ2n) is 3.81. The van der Waals surface area contributed by atoms with Gasteiger partial charge < -0.3 is 4.74 Å². The lowest BCUT2D eigenvalue weighted by Crippen LogP contribution is -1.95. The molecule has 2 aromatic carbocycles. The molecule has 98 valence electrons. The number of aldehydes is 1. The maximum atomic E-state index is 11.0. The maximum Gasteiger partial charge on any atom is 0.270 e. The number of non-ortho nitro benzene ring substituents is 1. The van der Waals surface area contributed by atoms with Gasteiger partial charge in [0.25, 0.3) is 5.69 Å². The topological polar surface area (TPSA) is 93.2 Å². The van der Waals surface area contributed by atoms with E-state index in [1.54, 1.807) is 24.3 Å². The van der Waals surface area contributed by atoms with Crippen molar-refractivity contribution in [2.45, 2.75) is 0 Å². The van der Waals surface area contributed by atoms with Crippen molar-refractivity contribution in [3.05, 3.63) is 63.7 Å². The Morgan fingerprint density at radius 2 is 1.95 bits per heavy atom. The fourth-order valence-electron chi connectivity index (χ4n) is 1.60. The van der Waals surface area contributed by atoms with Gasteiger partial charge in [0.15, 0.2) is 6.29 Å². The van der Waals surface area contributed by atoms with E-state index in [9.17, 15) is 14.9 Å². The number of nitro groups is 1. The average Bonchev–Trinajstić information content (AvgIpc) is 2.48. The molecule has 0 fully saturated rings. The van der Waals surface area contributed by atoms with E-state index in [-0.39, 0.29) is 22.7 Å². The third-order valence-electron chi connectivity index (χ3n) is 2.56. The van der Waals surface area contributed by atoms with E-state index in [2.05, 4.69) is 0 Å². The van der Waals surface area contributed by atoms with Crippen LogP contribution >= 0.6 is 0 Å². The summed E-state index contributed by atoms with van der Waals surface area (Å²) in [6.45, 7) is 0. The number of carbonyl (C=O) groups is 1. The molecule has 0 aromatic heterocycles. The molecule has 2 rings (SSSR count). The van der Waals surface area contributed by atoms with Crippen LogP contribution in [0.1, 0.15) is 15.9 Å². The monoisotopic (exact) mass is 268 g/mol. The lowest BCUT2D eigenvalue weighted by Gasteiger charge is -2.08. The highest BCUT2D eigenvalue weighted by Gasteiger charge is 2.13. The number of hydrogen-bond acceptors (Lipinski definition) is 5. The van der Waals surface area contributed by atoms with E-state index in [1.807, 2.05) is 6.07 Å². The summed E-state index contributed by atoms with van der Waals surface area (Å²) >= 11 is 0. The molecule has 0 amide bonds. The number of ether oxygens (including phenoxy) is 1.